The van der Waals surface area contributed by atoms with E-state index in [1.807, 2.05) is 30.5 Å². The fourth-order valence-electron chi connectivity index (χ4n) is 4.14. The standard InChI is InChI=1S/C28H21ClF2N4O/c1-17-21(6-3-11-35(17)16-19-7-8-24(30)25(31)13-19)28(36)34-14-18-4-2-5-20(12-18)22-15-33-27-26(22)23(29)9-10-32-27/h2-13,15H,1,14,16H2,(H,32,33)(H,34,36). The number of fused-ring (bicyclic) bond motifs is 1. The van der Waals surface area contributed by atoms with Crippen molar-refractivity contribution in [2.45, 2.75) is 13.1 Å². The minimum absolute atomic E-state index is 0.251. The molecule has 0 radical (unpaired) electrons. The Labute approximate surface area is 211 Å². The van der Waals surface area contributed by atoms with Gasteiger partial charge in [-0.15, -0.1) is 0 Å². The average molecular weight is 503 g/mol. The Kier molecular flexibility index (Phi) is 6.40. The number of H-pyrrole nitrogens is 1. The summed E-state index contributed by atoms with van der Waals surface area (Å²) in [7, 11) is 0. The molecule has 8 heteroatoms. The molecule has 4 aromatic rings. The summed E-state index contributed by atoms with van der Waals surface area (Å²) >= 11 is 6.40. The van der Waals surface area contributed by atoms with E-state index in [4.69, 9.17) is 11.6 Å². The molecule has 0 aliphatic carbocycles. The van der Waals surface area contributed by atoms with Crippen molar-refractivity contribution in [1.29, 1.82) is 0 Å². The Bertz CT molecular complexity index is 1560. The molecule has 1 amide bonds. The van der Waals surface area contributed by atoms with Crippen LogP contribution in [0.5, 0.6) is 0 Å². The fraction of sp³-hybridized carbons (Fsp3) is 0.0714. The molecule has 5 rings (SSSR count). The smallest absolute Gasteiger partial charge is 0.253 e. The molecular formula is C28H21ClF2N4O. The van der Waals surface area contributed by atoms with Crippen LogP contribution in [0, 0.1) is 11.6 Å². The molecule has 0 atom stereocenters. The van der Waals surface area contributed by atoms with E-state index in [2.05, 4.69) is 21.9 Å². The zero-order valence-electron chi connectivity index (χ0n) is 19.1. The van der Waals surface area contributed by atoms with Gasteiger partial charge in [-0.2, -0.15) is 0 Å². The van der Waals surface area contributed by atoms with Crippen molar-refractivity contribution in [3.05, 3.63) is 125 Å². The summed E-state index contributed by atoms with van der Waals surface area (Å²) in [5.41, 5.74) is 4.92. The number of allylic oxidation sites excluding steroid dienone is 2. The summed E-state index contributed by atoms with van der Waals surface area (Å²) in [6.45, 7) is 4.59. The minimum Gasteiger partial charge on any atom is -0.348 e. The minimum atomic E-state index is -0.916. The van der Waals surface area contributed by atoms with E-state index < -0.39 is 11.6 Å². The topological polar surface area (TPSA) is 61.0 Å². The van der Waals surface area contributed by atoms with Crippen molar-refractivity contribution in [1.82, 2.24) is 20.2 Å². The Hall–Kier alpha value is -4.23. The highest BCUT2D eigenvalue weighted by atomic mass is 35.5. The monoisotopic (exact) mass is 502 g/mol. The van der Waals surface area contributed by atoms with Gasteiger partial charge >= 0.3 is 0 Å². The molecular weight excluding hydrogens is 482 g/mol. The molecule has 0 saturated carbocycles. The summed E-state index contributed by atoms with van der Waals surface area (Å²) in [6, 6.07) is 13.3. The van der Waals surface area contributed by atoms with Crippen molar-refractivity contribution in [2.24, 2.45) is 0 Å². The summed E-state index contributed by atoms with van der Waals surface area (Å²) in [4.78, 5) is 22.1. The molecule has 1 aliphatic rings. The molecule has 0 saturated heterocycles. The van der Waals surface area contributed by atoms with Crippen LogP contribution in [0.25, 0.3) is 22.2 Å². The number of carbonyl (C=O) groups excluding carboxylic acids is 1. The van der Waals surface area contributed by atoms with Crippen LogP contribution in [0.4, 0.5) is 8.78 Å². The molecule has 1 aliphatic heterocycles. The van der Waals surface area contributed by atoms with Crippen LogP contribution < -0.4 is 5.32 Å². The summed E-state index contributed by atoms with van der Waals surface area (Å²) in [5.74, 6) is -2.11. The first-order chi connectivity index (χ1) is 17.4. The van der Waals surface area contributed by atoms with Crippen LogP contribution in [0.3, 0.4) is 0 Å². The highest BCUT2D eigenvalue weighted by Crippen LogP contribution is 2.33. The van der Waals surface area contributed by atoms with Crippen molar-refractivity contribution in [2.75, 3.05) is 0 Å². The van der Waals surface area contributed by atoms with Crippen LogP contribution in [0.2, 0.25) is 5.02 Å². The third-order valence-corrected chi connectivity index (χ3v) is 6.30. The predicted octanol–water partition coefficient (Wildman–Crippen LogP) is 6.25. The van der Waals surface area contributed by atoms with Gasteiger partial charge in [-0.1, -0.05) is 42.4 Å². The molecule has 0 spiro atoms. The third kappa shape index (κ3) is 4.65. The zero-order valence-corrected chi connectivity index (χ0v) is 19.8. The molecule has 0 fully saturated rings. The lowest BCUT2D eigenvalue weighted by Crippen LogP contribution is -2.30. The molecule has 36 heavy (non-hydrogen) atoms. The third-order valence-electron chi connectivity index (χ3n) is 5.98. The second-order valence-electron chi connectivity index (χ2n) is 8.35. The lowest BCUT2D eigenvalue weighted by Gasteiger charge is -2.27. The van der Waals surface area contributed by atoms with E-state index in [1.165, 1.54) is 6.07 Å². The van der Waals surface area contributed by atoms with Crippen molar-refractivity contribution in [3.63, 3.8) is 0 Å². The van der Waals surface area contributed by atoms with Gasteiger partial charge in [-0.25, -0.2) is 13.8 Å². The largest absolute Gasteiger partial charge is 0.348 e. The van der Waals surface area contributed by atoms with Crippen LogP contribution >= 0.6 is 11.6 Å². The molecule has 3 heterocycles. The van der Waals surface area contributed by atoms with E-state index in [0.29, 0.717) is 34.0 Å². The molecule has 2 aromatic heterocycles. The van der Waals surface area contributed by atoms with Gasteiger partial charge in [0.25, 0.3) is 5.91 Å². The van der Waals surface area contributed by atoms with Crippen molar-refractivity contribution < 1.29 is 13.6 Å². The number of carbonyl (C=O) groups is 1. The maximum atomic E-state index is 13.6. The molecule has 2 aromatic carbocycles. The number of benzene rings is 2. The van der Waals surface area contributed by atoms with Crippen LogP contribution in [-0.4, -0.2) is 20.8 Å². The number of hydrogen-bond donors (Lipinski definition) is 2. The summed E-state index contributed by atoms with van der Waals surface area (Å²) in [5, 5.41) is 4.39. The van der Waals surface area contributed by atoms with Gasteiger partial charge in [-0.05, 0) is 53.1 Å². The maximum Gasteiger partial charge on any atom is 0.253 e. The lowest BCUT2D eigenvalue weighted by molar-refractivity contribution is -0.117. The highest BCUT2D eigenvalue weighted by molar-refractivity contribution is 6.36. The first kappa shape index (κ1) is 23.5. The molecule has 180 valence electrons. The number of nitrogens with zero attached hydrogens (tertiary/aromatic N) is 2. The fourth-order valence-corrected chi connectivity index (χ4v) is 4.39. The van der Waals surface area contributed by atoms with Gasteiger partial charge in [0, 0.05) is 48.3 Å². The Morgan fingerprint density at radius 1 is 1.11 bits per heavy atom. The second-order valence-corrected chi connectivity index (χ2v) is 8.75. The Balaban J connectivity index is 1.27. The van der Waals surface area contributed by atoms with Crippen molar-refractivity contribution >= 4 is 28.5 Å². The van der Waals surface area contributed by atoms with E-state index in [9.17, 15) is 13.6 Å². The van der Waals surface area contributed by atoms with Gasteiger partial charge in [0.2, 0.25) is 0 Å². The Morgan fingerprint density at radius 2 is 1.97 bits per heavy atom. The zero-order chi connectivity index (χ0) is 25.2. The number of aromatic amines is 1. The highest BCUT2D eigenvalue weighted by Gasteiger charge is 2.20. The summed E-state index contributed by atoms with van der Waals surface area (Å²) in [6.07, 6.45) is 8.66. The average Bonchev–Trinajstić information content (AvgIpc) is 3.32. The number of nitrogens with one attached hydrogen (secondary N) is 2. The first-order valence-electron chi connectivity index (χ1n) is 11.2. The van der Waals surface area contributed by atoms with Gasteiger partial charge in [0.15, 0.2) is 11.6 Å². The Morgan fingerprint density at radius 3 is 2.81 bits per heavy atom. The van der Waals surface area contributed by atoms with E-state index in [1.54, 1.807) is 35.5 Å². The van der Waals surface area contributed by atoms with Gasteiger partial charge in [-0.3, -0.25) is 4.79 Å². The quantitative estimate of drug-likeness (QED) is 0.328. The van der Waals surface area contributed by atoms with Gasteiger partial charge in [0.05, 0.1) is 10.6 Å². The molecule has 0 unspecified atom stereocenters. The SMILES string of the molecule is C=C1C(C(=O)NCc2cccc(-c3c[nH]c4nccc(Cl)c34)c2)=CC=CN1Cc1ccc(F)c(F)c1. The van der Waals surface area contributed by atoms with Crippen LogP contribution in [0.1, 0.15) is 11.1 Å². The molecule has 0 bridgehead atoms. The number of hydrogen-bond acceptors (Lipinski definition) is 3. The number of pyridine rings is 1. The summed E-state index contributed by atoms with van der Waals surface area (Å²) < 4.78 is 26.8. The maximum absolute atomic E-state index is 13.6. The van der Waals surface area contributed by atoms with Crippen LogP contribution in [0.15, 0.2) is 97.1 Å². The predicted molar refractivity (Wildman–Crippen MR) is 137 cm³/mol. The number of halogens is 3. The molecule has 2 N–H and O–H groups in total. The van der Waals surface area contributed by atoms with Crippen LogP contribution in [-0.2, 0) is 17.9 Å². The second kappa shape index (κ2) is 9.79. The molecule has 5 nitrogen and oxygen atoms in total. The van der Waals surface area contributed by atoms with E-state index in [0.717, 1.165) is 34.2 Å². The first-order valence-corrected chi connectivity index (χ1v) is 11.6. The van der Waals surface area contributed by atoms with E-state index in [-0.39, 0.29) is 12.5 Å². The number of rotatable bonds is 6. The normalized spacial score (nSPS) is 13.2. The van der Waals surface area contributed by atoms with Gasteiger partial charge < -0.3 is 15.2 Å². The number of amides is 1. The van der Waals surface area contributed by atoms with E-state index >= 15 is 0 Å². The number of aromatic nitrogens is 2. The van der Waals surface area contributed by atoms with Gasteiger partial charge in [0.1, 0.15) is 5.65 Å². The van der Waals surface area contributed by atoms with Crippen molar-refractivity contribution in [3.8, 4) is 11.1 Å². The lowest BCUT2D eigenvalue weighted by atomic mass is 10.0.